The van der Waals surface area contributed by atoms with Gasteiger partial charge in [0.1, 0.15) is 5.75 Å². The number of ether oxygens (including phenoxy) is 2. The molecule has 1 amide bonds. The van der Waals surface area contributed by atoms with Gasteiger partial charge in [0.2, 0.25) is 5.91 Å². The number of aliphatic hydroxyl groups excluding tert-OH is 1. The maximum atomic E-state index is 12.0. The maximum absolute atomic E-state index is 12.0. The standard InChI is InChI=1S/C15H22BrNO4/c1-20-12-9-17(8-10-18)15(19)3-2-11-21-14-6-4-13(16)5-7-14/h4-7,18H,2-3,8-12H2,1H3. The molecule has 0 fully saturated rings. The van der Waals surface area contributed by atoms with Crippen LogP contribution in [0.25, 0.3) is 0 Å². The first-order chi connectivity index (χ1) is 10.2. The summed E-state index contributed by atoms with van der Waals surface area (Å²) in [5, 5.41) is 8.96. The summed E-state index contributed by atoms with van der Waals surface area (Å²) in [6, 6.07) is 7.58. The highest BCUT2D eigenvalue weighted by molar-refractivity contribution is 9.10. The molecule has 0 saturated heterocycles. The van der Waals surface area contributed by atoms with Gasteiger partial charge in [0.15, 0.2) is 0 Å². The lowest BCUT2D eigenvalue weighted by atomic mass is 10.2. The minimum Gasteiger partial charge on any atom is -0.494 e. The van der Waals surface area contributed by atoms with E-state index < -0.39 is 0 Å². The fourth-order valence-electron chi connectivity index (χ4n) is 1.79. The van der Waals surface area contributed by atoms with Crippen LogP contribution in [0.1, 0.15) is 12.8 Å². The lowest BCUT2D eigenvalue weighted by Gasteiger charge is -2.21. The van der Waals surface area contributed by atoms with E-state index in [1.807, 2.05) is 24.3 Å². The lowest BCUT2D eigenvalue weighted by Crippen LogP contribution is -2.36. The second-order valence-electron chi connectivity index (χ2n) is 4.50. The molecule has 0 unspecified atom stereocenters. The first-order valence-corrected chi connectivity index (χ1v) is 7.72. The average Bonchev–Trinajstić information content (AvgIpc) is 2.49. The highest BCUT2D eigenvalue weighted by Crippen LogP contribution is 2.16. The zero-order chi connectivity index (χ0) is 15.5. The van der Waals surface area contributed by atoms with E-state index in [0.717, 1.165) is 10.2 Å². The van der Waals surface area contributed by atoms with Crippen molar-refractivity contribution in [2.24, 2.45) is 0 Å². The first kappa shape index (κ1) is 17.9. The predicted octanol–water partition coefficient (Wildman–Crippen LogP) is 2.08. The van der Waals surface area contributed by atoms with Gasteiger partial charge in [-0.05, 0) is 30.7 Å². The third kappa shape index (κ3) is 7.45. The lowest BCUT2D eigenvalue weighted by molar-refractivity contribution is -0.132. The Morgan fingerprint density at radius 1 is 1.24 bits per heavy atom. The molecular weight excluding hydrogens is 338 g/mol. The van der Waals surface area contributed by atoms with E-state index in [9.17, 15) is 4.79 Å². The number of hydrogen-bond donors (Lipinski definition) is 1. The maximum Gasteiger partial charge on any atom is 0.222 e. The van der Waals surface area contributed by atoms with Crippen LogP contribution in [-0.4, -0.2) is 55.9 Å². The Bertz CT molecular complexity index is 411. The van der Waals surface area contributed by atoms with Crippen LogP contribution >= 0.6 is 15.9 Å². The average molecular weight is 360 g/mol. The monoisotopic (exact) mass is 359 g/mol. The molecule has 0 aromatic heterocycles. The molecule has 0 spiro atoms. The molecule has 0 aliphatic rings. The summed E-state index contributed by atoms with van der Waals surface area (Å²) in [7, 11) is 1.59. The molecular formula is C15H22BrNO4. The number of aliphatic hydroxyl groups is 1. The van der Waals surface area contributed by atoms with Crippen molar-refractivity contribution in [2.75, 3.05) is 40.0 Å². The Morgan fingerprint density at radius 2 is 1.95 bits per heavy atom. The minimum atomic E-state index is -0.0369. The molecule has 0 bridgehead atoms. The van der Waals surface area contributed by atoms with Crippen LogP contribution < -0.4 is 4.74 Å². The number of methoxy groups -OCH3 is 1. The molecule has 5 nitrogen and oxygen atoms in total. The Hall–Kier alpha value is -1.11. The molecule has 1 N–H and O–H groups in total. The van der Waals surface area contributed by atoms with E-state index in [4.69, 9.17) is 14.6 Å². The van der Waals surface area contributed by atoms with Crippen LogP contribution in [0.4, 0.5) is 0 Å². The smallest absolute Gasteiger partial charge is 0.222 e. The highest BCUT2D eigenvalue weighted by atomic mass is 79.9. The molecule has 0 atom stereocenters. The Labute approximate surface area is 134 Å². The van der Waals surface area contributed by atoms with E-state index in [1.54, 1.807) is 12.0 Å². The second-order valence-corrected chi connectivity index (χ2v) is 5.42. The molecule has 6 heteroatoms. The zero-order valence-electron chi connectivity index (χ0n) is 12.3. The summed E-state index contributed by atoms with van der Waals surface area (Å²) in [6.45, 7) is 1.77. The van der Waals surface area contributed by atoms with Crippen molar-refractivity contribution in [2.45, 2.75) is 12.8 Å². The number of benzene rings is 1. The Kier molecular flexibility index (Phi) is 9.05. The second kappa shape index (κ2) is 10.6. The molecule has 0 aliphatic heterocycles. The number of carbonyl (C=O) groups is 1. The van der Waals surface area contributed by atoms with Gasteiger partial charge in [0.25, 0.3) is 0 Å². The minimum absolute atomic E-state index is 0.0144. The molecule has 118 valence electrons. The van der Waals surface area contributed by atoms with E-state index in [0.29, 0.717) is 39.1 Å². The van der Waals surface area contributed by atoms with Gasteiger partial charge in [-0.25, -0.2) is 0 Å². The molecule has 0 saturated carbocycles. The van der Waals surface area contributed by atoms with Gasteiger partial charge in [-0.3, -0.25) is 4.79 Å². The first-order valence-electron chi connectivity index (χ1n) is 6.93. The van der Waals surface area contributed by atoms with Crippen LogP contribution in [-0.2, 0) is 9.53 Å². The van der Waals surface area contributed by atoms with E-state index in [-0.39, 0.29) is 12.5 Å². The van der Waals surface area contributed by atoms with Crippen molar-refractivity contribution in [3.05, 3.63) is 28.7 Å². The normalized spacial score (nSPS) is 10.4. The number of nitrogens with zero attached hydrogens (tertiary/aromatic N) is 1. The van der Waals surface area contributed by atoms with Gasteiger partial charge in [-0.1, -0.05) is 15.9 Å². The molecule has 1 rings (SSSR count). The summed E-state index contributed by atoms with van der Waals surface area (Å²) in [5.41, 5.74) is 0. The third-order valence-electron chi connectivity index (χ3n) is 2.91. The van der Waals surface area contributed by atoms with E-state index in [2.05, 4.69) is 15.9 Å². The Morgan fingerprint density at radius 3 is 2.57 bits per heavy atom. The quantitative estimate of drug-likeness (QED) is 0.649. The fraction of sp³-hybridized carbons (Fsp3) is 0.533. The molecule has 0 radical (unpaired) electrons. The van der Waals surface area contributed by atoms with Crippen LogP contribution in [0.15, 0.2) is 28.7 Å². The molecule has 0 heterocycles. The topological polar surface area (TPSA) is 59.0 Å². The van der Waals surface area contributed by atoms with Crippen molar-refractivity contribution in [1.82, 2.24) is 4.90 Å². The summed E-state index contributed by atoms with van der Waals surface area (Å²) >= 11 is 3.36. The Balaban J connectivity index is 2.26. The van der Waals surface area contributed by atoms with Gasteiger partial charge in [-0.2, -0.15) is 0 Å². The highest BCUT2D eigenvalue weighted by Gasteiger charge is 2.12. The van der Waals surface area contributed by atoms with Crippen molar-refractivity contribution < 1.29 is 19.4 Å². The fourth-order valence-corrected chi connectivity index (χ4v) is 2.05. The SMILES string of the molecule is COCCN(CCO)C(=O)CCCOc1ccc(Br)cc1. The van der Waals surface area contributed by atoms with Crippen molar-refractivity contribution in [3.8, 4) is 5.75 Å². The third-order valence-corrected chi connectivity index (χ3v) is 3.43. The summed E-state index contributed by atoms with van der Waals surface area (Å²) < 4.78 is 11.5. The van der Waals surface area contributed by atoms with E-state index in [1.165, 1.54) is 0 Å². The van der Waals surface area contributed by atoms with Crippen molar-refractivity contribution >= 4 is 21.8 Å². The van der Waals surface area contributed by atoms with Crippen LogP contribution in [0.5, 0.6) is 5.75 Å². The van der Waals surface area contributed by atoms with Crippen LogP contribution in [0.2, 0.25) is 0 Å². The number of hydrogen-bond acceptors (Lipinski definition) is 4. The predicted molar refractivity (Wildman–Crippen MR) is 84.4 cm³/mol. The van der Waals surface area contributed by atoms with Crippen molar-refractivity contribution in [1.29, 1.82) is 0 Å². The van der Waals surface area contributed by atoms with E-state index >= 15 is 0 Å². The molecule has 1 aromatic carbocycles. The molecule has 1 aromatic rings. The zero-order valence-corrected chi connectivity index (χ0v) is 13.8. The van der Waals surface area contributed by atoms with Crippen molar-refractivity contribution in [3.63, 3.8) is 0 Å². The van der Waals surface area contributed by atoms with Gasteiger partial charge < -0.3 is 19.5 Å². The number of amides is 1. The molecule has 21 heavy (non-hydrogen) atoms. The summed E-state index contributed by atoms with van der Waals surface area (Å²) in [5.74, 6) is 0.803. The van der Waals surface area contributed by atoms with Gasteiger partial charge >= 0.3 is 0 Å². The van der Waals surface area contributed by atoms with Crippen LogP contribution in [0.3, 0.4) is 0 Å². The van der Waals surface area contributed by atoms with Gasteiger partial charge in [0, 0.05) is 31.1 Å². The largest absolute Gasteiger partial charge is 0.494 e. The van der Waals surface area contributed by atoms with Gasteiger partial charge in [-0.15, -0.1) is 0 Å². The summed E-state index contributed by atoms with van der Waals surface area (Å²) in [6.07, 6.45) is 1.05. The molecule has 0 aliphatic carbocycles. The summed E-state index contributed by atoms with van der Waals surface area (Å²) in [4.78, 5) is 13.6. The van der Waals surface area contributed by atoms with Crippen LogP contribution in [0, 0.1) is 0 Å². The number of halogens is 1. The number of rotatable bonds is 10. The van der Waals surface area contributed by atoms with Gasteiger partial charge in [0.05, 0.1) is 19.8 Å². The number of carbonyl (C=O) groups excluding carboxylic acids is 1.